The van der Waals surface area contributed by atoms with Crippen LogP contribution in [-0.4, -0.2) is 35.0 Å². The lowest BCUT2D eigenvalue weighted by molar-refractivity contribution is -0.122. The second-order valence-electron chi connectivity index (χ2n) is 4.67. The minimum absolute atomic E-state index is 0.0342. The van der Waals surface area contributed by atoms with E-state index in [1.807, 2.05) is 0 Å². The topological polar surface area (TPSA) is 84.1 Å². The van der Waals surface area contributed by atoms with Crippen molar-refractivity contribution in [2.45, 2.75) is 18.9 Å². The van der Waals surface area contributed by atoms with Gasteiger partial charge < -0.3 is 16.0 Å². The van der Waals surface area contributed by atoms with Crippen LogP contribution < -0.4 is 16.0 Å². The molecule has 0 radical (unpaired) electrons. The van der Waals surface area contributed by atoms with E-state index in [0.29, 0.717) is 18.1 Å². The summed E-state index contributed by atoms with van der Waals surface area (Å²) < 4.78 is 0. The number of nitrogens with two attached hydrogens (primary N) is 1. The molecule has 0 bridgehead atoms. The molecule has 3 N–H and O–H groups in total. The fraction of sp³-hybridized carbons (Fsp3) is 0.545. The van der Waals surface area contributed by atoms with Crippen molar-refractivity contribution in [2.75, 3.05) is 23.7 Å². The van der Waals surface area contributed by atoms with Crippen molar-refractivity contribution in [3.05, 3.63) is 11.5 Å². The Labute approximate surface area is 110 Å². The Morgan fingerprint density at radius 1 is 1.56 bits per heavy atom. The fourth-order valence-electron chi connectivity index (χ4n) is 2.81. The number of rotatable bonds is 1. The van der Waals surface area contributed by atoms with Crippen molar-refractivity contribution >= 4 is 29.0 Å². The standard InChI is InChI=1S/C11H14ClN5O/c12-11-15-4-7(13)9(16-11)17-3-1-2-6-8(17)5-14-10(6)18/h4,6,8H,1-3,5,13H2,(H,14,18). The van der Waals surface area contributed by atoms with Crippen LogP contribution in [0.3, 0.4) is 0 Å². The van der Waals surface area contributed by atoms with E-state index in [0.717, 1.165) is 19.4 Å². The Morgan fingerprint density at radius 2 is 2.39 bits per heavy atom. The van der Waals surface area contributed by atoms with Gasteiger partial charge in [-0.2, -0.15) is 4.98 Å². The highest BCUT2D eigenvalue weighted by Crippen LogP contribution is 2.33. The molecule has 0 spiro atoms. The number of fused-ring (bicyclic) bond motifs is 1. The van der Waals surface area contributed by atoms with E-state index in [1.54, 1.807) is 0 Å². The van der Waals surface area contributed by atoms with Crippen LogP contribution >= 0.6 is 11.6 Å². The average Bonchev–Trinajstić information content (AvgIpc) is 2.75. The molecule has 2 aliphatic rings. The highest BCUT2D eigenvalue weighted by atomic mass is 35.5. The van der Waals surface area contributed by atoms with Crippen LogP contribution in [0.5, 0.6) is 0 Å². The van der Waals surface area contributed by atoms with Gasteiger partial charge in [-0.25, -0.2) is 4.98 Å². The molecule has 1 aromatic rings. The zero-order valence-corrected chi connectivity index (χ0v) is 10.5. The third-order valence-corrected chi connectivity index (χ3v) is 3.82. The summed E-state index contributed by atoms with van der Waals surface area (Å²) in [5, 5.41) is 3.08. The number of carbonyl (C=O) groups is 1. The van der Waals surface area contributed by atoms with Gasteiger partial charge in [-0.15, -0.1) is 0 Å². The second kappa shape index (κ2) is 4.28. The zero-order valence-electron chi connectivity index (χ0n) is 9.77. The first kappa shape index (κ1) is 11.5. The van der Waals surface area contributed by atoms with Crippen molar-refractivity contribution in [2.24, 2.45) is 5.92 Å². The van der Waals surface area contributed by atoms with E-state index in [4.69, 9.17) is 17.3 Å². The first-order valence-electron chi connectivity index (χ1n) is 5.99. The molecule has 0 saturated carbocycles. The third-order valence-electron chi connectivity index (χ3n) is 3.64. The van der Waals surface area contributed by atoms with Gasteiger partial charge in [0.05, 0.1) is 23.8 Å². The molecule has 3 rings (SSSR count). The lowest BCUT2D eigenvalue weighted by Crippen LogP contribution is -2.46. The van der Waals surface area contributed by atoms with Gasteiger partial charge in [0.2, 0.25) is 11.2 Å². The first-order valence-corrected chi connectivity index (χ1v) is 6.37. The molecule has 7 heteroatoms. The van der Waals surface area contributed by atoms with Crippen molar-refractivity contribution in [1.82, 2.24) is 15.3 Å². The molecule has 1 amide bonds. The van der Waals surface area contributed by atoms with Gasteiger partial charge in [0, 0.05) is 13.1 Å². The van der Waals surface area contributed by atoms with Gasteiger partial charge in [0.15, 0.2) is 5.82 Å². The number of aromatic nitrogens is 2. The van der Waals surface area contributed by atoms with Crippen LogP contribution in [0, 0.1) is 5.92 Å². The molecule has 3 heterocycles. The number of piperidine rings is 1. The Bertz CT molecular complexity index is 494. The smallest absolute Gasteiger partial charge is 0.225 e. The third kappa shape index (κ3) is 1.77. The van der Waals surface area contributed by atoms with E-state index in [2.05, 4.69) is 20.2 Å². The summed E-state index contributed by atoms with van der Waals surface area (Å²) in [4.78, 5) is 21.8. The molecular weight excluding hydrogens is 254 g/mol. The molecule has 2 atom stereocenters. The predicted molar refractivity (Wildman–Crippen MR) is 68.3 cm³/mol. The molecular formula is C11H14ClN5O. The number of nitrogens with one attached hydrogen (secondary N) is 1. The van der Waals surface area contributed by atoms with Gasteiger partial charge in [-0.1, -0.05) is 0 Å². The van der Waals surface area contributed by atoms with Crippen molar-refractivity contribution in [3.63, 3.8) is 0 Å². The van der Waals surface area contributed by atoms with E-state index >= 15 is 0 Å². The molecule has 96 valence electrons. The van der Waals surface area contributed by atoms with Gasteiger partial charge in [0.25, 0.3) is 0 Å². The van der Waals surface area contributed by atoms with Gasteiger partial charge in [0.1, 0.15) is 0 Å². The lowest BCUT2D eigenvalue weighted by atomic mass is 9.91. The number of amides is 1. The van der Waals surface area contributed by atoms with Crippen LogP contribution in [0.2, 0.25) is 5.28 Å². The summed E-state index contributed by atoms with van der Waals surface area (Å²) in [6.45, 7) is 1.48. The molecule has 1 aromatic heterocycles. The van der Waals surface area contributed by atoms with E-state index < -0.39 is 0 Å². The summed E-state index contributed by atoms with van der Waals surface area (Å²) >= 11 is 5.82. The average molecular weight is 268 g/mol. The van der Waals surface area contributed by atoms with Gasteiger partial charge in [-0.3, -0.25) is 4.79 Å². The Morgan fingerprint density at radius 3 is 3.22 bits per heavy atom. The summed E-state index contributed by atoms with van der Waals surface area (Å²) in [6.07, 6.45) is 3.39. The van der Waals surface area contributed by atoms with Crippen molar-refractivity contribution in [1.29, 1.82) is 0 Å². The summed E-state index contributed by atoms with van der Waals surface area (Å²) in [5.41, 5.74) is 6.41. The highest BCUT2D eigenvalue weighted by Gasteiger charge is 2.41. The van der Waals surface area contributed by atoms with E-state index in [1.165, 1.54) is 6.20 Å². The Kier molecular flexibility index (Phi) is 2.74. The van der Waals surface area contributed by atoms with Crippen LogP contribution in [0.15, 0.2) is 6.20 Å². The highest BCUT2D eigenvalue weighted by molar-refractivity contribution is 6.28. The van der Waals surface area contributed by atoms with Crippen LogP contribution in [0.25, 0.3) is 0 Å². The maximum absolute atomic E-state index is 11.7. The number of hydrogen-bond donors (Lipinski definition) is 2. The predicted octanol–water partition coefficient (Wildman–Crippen LogP) is 0.427. The van der Waals surface area contributed by atoms with Crippen molar-refractivity contribution < 1.29 is 4.79 Å². The Balaban J connectivity index is 1.95. The maximum Gasteiger partial charge on any atom is 0.225 e. The van der Waals surface area contributed by atoms with E-state index in [-0.39, 0.29) is 23.2 Å². The summed E-state index contributed by atoms with van der Waals surface area (Å²) in [5.74, 6) is 0.802. The SMILES string of the molecule is Nc1cnc(Cl)nc1N1CCCC2C(=O)NCC21. The maximum atomic E-state index is 11.7. The second-order valence-corrected chi connectivity index (χ2v) is 5.01. The first-order chi connectivity index (χ1) is 8.66. The minimum atomic E-state index is 0.0342. The van der Waals surface area contributed by atoms with E-state index in [9.17, 15) is 4.79 Å². The molecule has 0 aromatic carbocycles. The molecule has 18 heavy (non-hydrogen) atoms. The number of halogens is 1. The quantitative estimate of drug-likeness (QED) is 0.721. The molecule has 2 fully saturated rings. The zero-order chi connectivity index (χ0) is 12.7. The molecule has 2 unspecified atom stereocenters. The largest absolute Gasteiger partial charge is 0.394 e. The molecule has 6 nitrogen and oxygen atoms in total. The van der Waals surface area contributed by atoms with Crippen molar-refractivity contribution in [3.8, 4) is 0 Å². The fourth-order valence-corrected chi connectivity index (χ4v) is 2.93. The van der Waals surface area contributed by atoms with Crippen LogP contribution in [0.1, 0.15) is 12.8 Å². The number of anilines is 2. The minimum Gasteiger partial charge on any atom is -0.394 e. The van der Waals surface area contributed by atoms with Gasteiger partial charge >= 0.3 is 0 Å². The molecule has 2 saturated heterocycles. The lowest BCUT2D eigenvalue weighted by Gasteiger charge is -2.37. The normalized spacial score (nSPS) is 26.9. The van der Waals surface area contributed by atoms with Gasteiger partial charge in [-0.05, 0) is 24.4 Å². The number of carbonyl (C=O) groups excluding carboxylic acids is 1. The molecule has 2 aliphatic heterocycles. The van der Waals surface area contributed by atoms with Crippen LogP contribution in [-0.2, 0) is 4.79 Å². The number of nitrogen functional groups attached to an aromatic ring is 1. The monoisotopic (exact) mass is 267 g/mol. The summed E-state index contributed by atoms with van der Waals surface area (Å²) in [6, 6.07) is 0.125. The van der Waals surface area contributed by atoms with Crippen LogP contribution in [0.4, 0.5) is 11.5 Å². The summed E-state index contributed by atoms with van der Waals surface area (Å²) in [7, 11) is 0. The molecule has 0 aliphatic carbocycles. The Hall–Kier alpha value is -1.56. The number of nitrogens with zero attached hydrogens (tertiary/aromatic N) is 3. The number of hydrogen-bond acceptors (Lipinski definition) is 5.